The molecule has 0 atom stereocenters. The molecule has 4 rings (SSSR count). The molecule has 0 spiro atoms. The number of amides is 1. The molecule has 0 N–H and O–H groups in total. The van der Waals surface area contributed by atoms with Crippen LogP contribution in [0.4, 0.5) is 0 Å². The topological polar surface area (TPSA) is 46.1 Å². The van der Waals surface area contributed by atoms with Crippen LogP contribution in [0.1, 0.15) is 27.2 Å². The van der Waals surface area contributed by atoms with E-state index in [9.17, 15) is 4.79 Å². The summed E-state index contributed by atoms with van der Waals surface area (Å²) in [5, 5.41) is 9.35. The Labute approximate surface area is 146 Å². The molecule has 0 saturated carbocycles. The Morgan fingerprint density at radius 3 is 2.64 bits per heavy atom. The van der Waals surface area contributed by atoms with E-state index in [0.29, 0.717) is 18.7 Å². The van der Waals surface area contributed by atoms with Gasteiger partial charge in [0.25, 0.3) is 5.91 Å². The monoisotopic (exact) mass is 329 g/mol. The van der Waals surface area contributed by atoms with Gasteiger partial charge in [0.2, 0.25) is 0 Å². The lowest BCUT2D eigenvalue weighted by Gasteiger charge is -2.17. The fourth-order valence-electron chi connectivity index (χ4n) is 3.21. The third-order valence-electron chi connectivity index (χ3n) is 4.85. The van der Waals surface area contributed by atoms with E-state index < -0.39 is 0 Å². The molecule has 4 nitrogen and oxygen atoms in total. The predicted octanol–water partition coefficient (Wildman–Crippen LogP) is 3.79. The number of aryl methyl sites for hydroxylation is 2. The van der Waals surface area contributed by atoms with Crippen LogP contribution in [-0.2, 0) is 0 Å². The molecule has 2 heterocycles. The van der Waals surface area contributed by atoms with Crippen LogP contribution in [0.3, 0.4) is 0 Å². The van der Waals surface area contributed by atoms with E-state index in [-0.39, 0.29) is 5.91 Å². The summed E-state index contributed by atoms with van der Waals surface area (Å²) >= 11 is 0. The molecular formula is C21H19N3O. The van der Waals surface area contributed by atoms with Crippen molar-refractivity contribution in [1.82, 2.24) is 15.1 Å². The summed E-state index contributed by atoms with van der Waals surface area (Å²) in [5.74, 6) is 0.0537. The quantitative estimate of drug-likeness (QED) is 0.719. The zero-order valence-corrected chi connectivity index (χ0v) is 14.4. The molecule has 0 radical (unpaired) electrons. The van der Waals surface area contributed by atoms with Crippen LogP contribution in [0, 0.1) is 13.8 Å². The minimum Gasteiger partial charge on any atom is -0.331 e. The molecule has 25 heavy (non-hydrogen) atoms. The Hall–Kier alpha value is -3.01. The lowest BCUT2D eigenvalue weighted by molar-refractivity contribution is 0.0801. The second-order valence-corrected chi connectivity index (χ2v) is 6.42. The number of carbonyl (C=O) groups is 1. The van der Waals surface area contributed by atoms with Crippen molar-refractivity contribution >= 4 is 22.4 Å². The standard InChI is InChI=1S/C21H19N3O/c1-14-15(2)22-23-20-9-8-17(12-19(14)20)21(25)24-11-10-18(13-24)16-6-4-3-5-7-16/h3-10,12H,11,13H2,1-2H3. The molecule has 0 bridgehead atoms. The van der Waals surface area contributed by atoms with Crippen LogP contribution in [0.15, 0.2) is 54.6 Å². The number of hydrogen-bond donors (Lipinski definition) is 0. The van der Waals surface area contributed by atoms with Crippen molar-refractivity contribution in [2.75, 3.05) is 13.1 Å². The molecule has 1 aliphatic rings. The first-order valence-electron chi connectivity index (χ1n) is 8.41. The minimum atomic E-state index is 0.0537. The summed E-state index contributed by atoms with van der Waals surface area (Å²) in [7, 11) is 0. The highest BCUT2D eigenvalue weighted by molar-refractivity contribution is 5.99. The van der Waals surface area contributed by atoms with Crippen LogP contribution in [0.2, 0.25) is 0 Å². The lowest BCUT2D eigenvalue weighted by atomic mass is 10.1. The number of nitrogens with zero attached hydrogens (tertiary/aromatic N) is 3. The summed E-state index contributed by atoms with van der Waals surface area (Å²) in [6.07, 6.45) is 2.13. The third kappa shape index (κ3) is 2.80. The fraction of sp³-hybridized carbons (Fsp3) is 0.190. The van der Waals surface area contributed by atoms with Gasteiger partial charge in [-0.2, -0.15) is 10.2 Å². The molecule has 124 valence electrons. The highest BCUT2D eigenvalue weighted by Crippen LogP contribution is 2.24. The Bertz CT molecular complexity index is 993. The van der Waals surface area contributed by atoms with Crippen LogP contribution >= 0.6 is 0 Å². The molecular weight excluding hydrogens is 310 g/mol. The van der Waals surface area contributed by atoms with Crippen LogP contribution in [-0.4, -0.2) is 34.1 Å². The van der Waals surface area contributed by atoms with Crippen molar-refractivity contribution < 1.29 is 4.79 Å². The molecule has 1 aromatic heterocycles. The second kappa shape index (κ2) is 6.13. The van der Waals surface area contributed by atoms with E-state index in [0.717, 1.165) is 22.2 Å². The highest BCUT2D eigenvalue weighted by Gasteiger charge is 2.22. The Morgan fingerprint density at radius 2 is 1.84 bits per heavy atom. The molecule has 0 unspecified atom stereocenters. The fourth-order valence-corrected chi connectivity index (χ4v) is 3.21. The molecule has 0 fully saturated rings. The third-order valence-corrected chi connectivity index (χ3v) is 4.85. The summed E-state index contributed by atoms with van der Waals surface area (Å²) in [4.78, 5) is 14.8. The normalized spacial score (nSPS) is 14.0. The number of hydrogen-bond acceptors (Lipinski definition) is 3. The molecule has 0 aliphatic carbocycles. The van der Waals surface area contributed by atoms with Gasteiger partial charge in [0.05, 0.1) is 11.2 Å². The average Bonchev–Trinajstić information content (AvgIpc) is 3.15. The Kier molecular flexibility index (Phi) is 3.80. The lowest BCUT2D eigenvalue weighted by Crippen LogP contribution is -2.28. The smallest absolute Gasteiger partial charge is 0.254 e. The van der Waals surface area contributed by atoms with Crippen molar-refractivity contribution in [3.05, 3.63) is 77.0 Å². The number of fused-ring (bicyclic) bond motifs is 1. The molecule has 1 aliphatic heterocycles. The van der Waals surface area contributed by atoms with Gasteiger partial charge in [0.1, 0.15) is 0 Å². The van der Waals surface area contributed by atoms with Gasteiger partial charge >= 0.3 is 0 Å². The van der Waals surface area contributed by atoms with Crippen molar-refractivity contribution in [3.63, 3.8) is 0 Å². The van der Waals surface area contributed by atoms with E-state index in [1.165, 1.54) is 11.1 Å². The Morgan fingerprint density at radius 1 is 1.04 bits per heavy atom. The Balaban J connectivity index is 1.60. The van der Waals surface area contributed by atoms with E-state index in [2.05, 4.69) is 28.4 Å². The first-order valence-corrected chi connectivity index (χ1v) is 8.41. The summed E-state index contributed by atoms with van der Waals surface area (Å²) < 4.78 is 0. The van der Waals surface area contributed by atoms with Gasteiger partial charge < -0.3 is 4.90 Å². The van der Waals surface area contributed by atoms with Crippen molar-refractivity contribution in [1.29, 1.82) is 0 Å². The van der Waals surface area contributed by atoms with E-state index in [1.807, 2.05) is 55.1 Å². The molecule has 0 saturated heterocycles. The number of carbonyl (C=O) groups excluding carboxylic acids is 1. The first-order chi connectivity index (χ1) is 12.1. The van der Waals surface area contributed by atoms with E-state index >= 15 is 0 Å². The van der Waals surface area contributed by atoms with Crippen LogP contribution < -0.4 is 0 Å². The van der Waals surface area contributed by atoms with Crippen molar-refractivity contribution in [2.24, 2.45) is 0 Å². The number of aromatic nitrogens is 2. The zero-order valence-electron chi connectivity index (χ0n) is 14.4. The van der Waals surface area contributed by atoms with Gasteiger partial charge in [-0.15, -0.1) is 0 Å². The summed E-state index contributed by atoms with van der Waals surface area (Å²) in [5.41, 5.74) is 5.87. The molecule has 3 aromatic rings. The van der Waals surface area contributed by atoms with Gasteiger partial charge in [-0.1, -0.05) is 36.4 Å². The van der Waals surface area contributed by atoms with Gasteiger partial charge in [-0.3, -0.25) is 4.79 Å². The maximum absolute atomic E-state index is 12.9. The largest absolute Gasteiger partial charge is 0.331 e. The van der Waals surface area contributed by atoms with Crippen molar-refractivity contribution in [3.8, 4) is 0 Å². The van der Waals surface area contributed by atoms with Gasteiger partial charge in [-0.05, 0) is 48.7 Å². The van der Waals surface area contributed by atoms with Gasteiger partial charge in [-0.25, -0.2) is 0 Å². The van der Waals surface area contributed by atoms with E-state index in [4.69, 9.17) is 0 Å². The summed E-state index contributed by atoms with van der Waals surface area (Å²) in [6, 6.07) is 15.9. The van der Waals surface area contributed by atoms with Crippen LogP contribution in [0.25, 0.3) is 16.5 Å². The average molecular weight is 329 g/mol. The molecule has 4 heteroatoms. The molecule has 2 aromatic carbocycles. The SMILES string of the molecule is Cc1nnc2ccc(C(=O)N3CC=C(c4ccccc4)C3)cc2c1C. The highest BCUT2D eigenvalue weighted by atomic mass is 16.2. The minimum absolute atomic E-state index is 0.0537. The van der Waals surface area contributed by atoms with E-state index in [1.54, 1.807) is 0 Å². The zero-order chi connectivity index (χ0) is 17.4. The maximum Gasteiger partial charge on any atom is 0.254 e. The summed E-state index contributed by atoms with van der Waals surface area (Å²) in [6.45, 7) is 5.25. The molecule has 1 amide bonds. The van der Waals surface area contributed by atoms with Gasteiger partial charge in [0, 0.05) is 24.0 Å². The second-order valence-electron chi connectivity index (χ2n) is 6.42. The predicted molar refractivity (Wildman–Crippen MR) is 99.3 cm³/mol. The van der Waals surface area contributed by atoms with Gasteiger partial charge in [0.15, 0.2) is 0 Å². The number of benzene rings is 2. The first kappa shape index (κ1) is 15.5. The maximum atomic E-state index is 12.9. The number of rotatable bonds is 2. The van der Waals surface area contributed by atoms with Crippen LogP contribution in [0.5, 0.6) is 0 Å². The van der Waals surface area contributed by atoms with Crippen molar-refractivity contribution in [2.45, 2.75) is 13.8 Å².